The number of carbonyl (C=O) groups is 1. The molecule has 3 aliphatic heterocycles. The van der Waals surface area contributed by atoms with Crippen molar-refractivity contribution < 1.29 is 18.8 Å². The molecule has 9 heteroatoms. The van der Waals surface area contributed by atoms with Crippen molar-refractivity contribution in [1.82, 2.24) is 24.8 Å². The summed E-state index contributed by atoms with van der Waals surface area (Å²) >= 11 is 0. The molecule has 0 aliphatic carbocycles. The fourth-order valence-electron chi connectivity index (χ4n) is 3.88. The van der Waals surface area contributed by atoms with E-state index >= 15 is 0 Å². The molecule has 0 aromatic carbocycles. The van der Waals surface area contributed by atoms with E-state index in [9.17, 15) is 4.79 Å². The molecule has 1 amide bonds. The number of likely N-dealkylation sites (tertiary alicyclic amines) is 1. The molecule has 0 radical (unpaired) electrons. The van der Waals surface area contributed by atoms with E-state index in [-0.39, 0.29) is 11.8 Å². The van der Waals surface area contributed by atoms with Crippen LogP contribution < -0.4 is 0 Å². The number of aromatic nitrogens is 2. The number of rotatable bonds is 6. The fourth-order valence-corrected chi connectivity index (χ4v) is 3.88. The summed E-state index contributed by atoms with van der Waals surface area (Å²) in [4.78, 5) is 23.5. The van der Waals surface area contributed by atoms with Gasteiger partial charge in [0.15, 0.2) is 5.82 Å². The lowest BCUT2D eigenvalue weighted by Crippen LogP contribution is -2.46. The maximum atomic E-state index is 12.3. The van der Waals surface area contributed by atoms with Crippen LogP contribution in [0.3, 0.4) is 0 Å². The van der Waals surface area contributed by atoms with Crippen molar-refractivity contribution in [2.75, 3.05) is 72.2 Å². The van der Waals surface area contributed by atoms with Gasteiger partial charge in [-0.2, -0.15) is 4.98 Å². The third kappa shape index (κ3) is 5.04. The first-order chi connectivity index (χ1) is 13.3. The number of nitrogens with zero attached hydrogens (tertiary/aromatic N) is 5. The zero-order valence-electron chi connectivity index (χ0n) is 15.8. The molecule has 3 saturated heterocycles. The summed E-state index contributed by atoms with van der Waals surface area (Å²) < 4.78 is 16.3. The molecule has 1 aromatic rings. The van der Waals surface area contributed by atoms with E-state index in [1.807, 2.05) is 4.90 Å². The highest BCUT2D eigenvalue weighted by atomic mass is 16.5. The number of piperidine rings is 1. The number of amides is 1. The van der Waals surface area contributed by atoms with E-state index in [1.54, 1.807) is 0 Å². The van der Waals surface area contributed by atoms with Gasteiger partial charge in [0.2, 0.25) is 11.8 Å². The molecule has 0 spiro atoms. The Morgan fingerprint density at radius 2 is 1.67 bits per heavy atom. The van der Waals surface area contributed by atoms with E-state index in [1.165, 1.54) is 0 Å². The van der Waals surface area contributed by atoms with Gasteiger partial charge in [-0.15, -0.1) is 0 Å². The predicted octanol–water partition coefficient (Wildman–Crippen LogP) is -0.0600. The van der Waals surface area contributed by atoms with Crippen LogP contribution in [0.2, 0.25) is 0 Å². The number of hydrogen-bond donors (Lipinski definition) is 0. The maximum absolute atomic E-state index is 12.3. The highest BCUT2D eigenvalue weighted by molar-refractivity contribution is 5.77. The second-order valence-electron chi connectivity index (χ2n) is 7.47. The lowest BCUT2D eigenvalue weighted by Gasteiger charge is -2.34. The second-order valence-corrected chi connectivity index (χ2v) is 7.47. The number of ether oxygens (including phenoxy) is 2. The van der Waals surface area contributed by atoms with Gasteiger partial charge in [0, 0.05) is 52.2 Å². The molecule has 1 unspecified atom stereocenters. The summed E-state index contributed by atoms with van der Waals surface area (Å²) in [7, 11) is 0. The van der Waals surface area contributed by atoms with Crippen molar-refractivity contribution in [1.29, 1.82) is 0 Å². The molecule has 0 N–H and O–H groups in total. The summed E-state index contributed by atoms with van der Waals surface area (Å²) in [5, 5.41) is 4.15. The Labute approximate surface area is 159 Å². The van der Waals surface area contributed by atoms with Gasteiger partial charge >= 0.3 is 0 Å². The number of carbonyl (C=O) groups excluding carboxylic acids is 1. The number of morpholine rings is 2. The average Bonchev–Trinajstić information content (AvgIpc) is 3.17. The minimum absolute atomic E-state index is 0.137. The van der Waals surface area contributed by atoms with E-state index in [2.05, 4.69) is 19.9 Å². The highest BCUT2D eigenvalue weighted by Crippen LogP contribution is 2.26. The summed E-state index contributed by atoms with van der Waals surface area (Å²) in [6.45, 7) is 9.78. The van der Waals surface area contributed by atoms with Crippen molar-refractivity contribution in [3.8, 4) is 0 Å². The molecule has 3 aliphatic rings. The maximum Gasteiger partial charge on any atom is 0.231 e. The van der Waals surface area contributed by atoms with Gasteiger partial charge in [0.05, 0.1) is 38.9 Å². The molecule has 3 fully saturated rings. The zero-order chi connectivity index (χ0) is 18.5. The second kappa shape index (κ2) is 9.09. The molecule has 4 heterocycles. The minimum atomic E-state index is 0.137. The average molecular weight is 379 g/mol. The largest absolute Gasteiger partial charge is 0.379 e. The summed E-state index contributed by atoms with van der Waals surface area (Å²) in [6.07, 6.45) is 1.33. The predicted molar refractivity (Wildman–Crippen MR) is 96.2 cm³/mol. The Kier molecular flexibility index (Phi) is 6.33. The lowest BCUT2D eigenvalue weighted by molar-refractivity contribution is -0.134. The van der Waals surface area contributed by atoms with E-state index in [0.29, 0.717) is 25.4 Å². The smallest absolute Gasteiger partial charge is 0.231 e. The topological polar surface area (TPSA) is 84.2 Å². The Morgan fingerprint density at radius 1 is 0.963 bits per heavy atom. The van der Waals surface area contributed by atoms with Gasteiger partial charge in [0.1, 0.15) is 0 Å². The van der Waals surface area contributed by atoms with Crippen LogP contribution in [0, 0.1) is 0 Å². The first-order valence-electron chi connectivity index (χ1n) is 9.98. The molecule has 4 rings (SSSR count). The molecule has 150 valence electrons. The van der Waals surface area contributed by atoms with Crippen molar-refractivity contribution in [3.05, 3.63) is 11.7 Å². The van der Waals surface area contributed by atoms with Gasteiger partial charge < -0.3 is 18.9 Å². The molecular formula is C18H29N5O4. The summed E-state index contributed by atoms with van der Waals surface area (Å²) in [5.41, 5.74) is 0. The number of hydrogen-bond acceptors (Lipinski definition) is 8. The Hall–Kier alpha value is -1.55. The third-order valence-corrected chi connectivity index (χ3v) is 5.59. The molecule has 1 atom stereocenters. The van der Waals surface area contributed by atoms with E-state index in [0.717, 1.165) is 77.9 Å². The van der Waals surface area contributed by atoms with Crippen LogP contribution in [0.1, 0.15) is 30.5 Å². The first-order valence-corrected chi connectivity index (χ1v) is 9.98. The first kappa shape index (κ1) is 18.8. The van der Waals surface area contributed by atoms with E-state index in [4.69, 9.17) is 14.0 Å². The van der Waals surface area contributed by atoms with E-state index < -0.39 is 0 Å². The van der Waals surface area contributed by atoms with Crippen LogP contribution >= 0.6 is 0 Å². The SMILES string of the molecule is O=C1CCC(c2nc(CN3CCOCC3)no2)CN1CCN1CCOCC1. The highest BCUT2D eigenvalue weighted by Gasteiger charge is 2.30. The molecule has 0 saturated carbocycles. The van der Waals surface area contributed by atoms with Gasteiger partial charge in [0.25, 0.3) is 0 Å². The molecular weight excluding hydrogens is 350 g/mol. The van der Waals surface area contributed by atoms with Gasteiger partial charge in [-0.3, -0.25) is 14.6 Å². The fraction of sp³-hybridized carbons (Fsp3) is 0.833. The van der Waals surface area contributed by atoms with Crippen LogP contribution in [0.4, 0.5) is 0 Å². The molecule has 9 nitrogen and oxygen atoms in total. The summed E-state index contributed by atoms with van der Waals surface area (Å²) in [5.74, 6) is 1.76. The van der Waals surface area contributed by atoms with Crippen LogP contribution in [-0.2, 0) is 20.8 Å². The normalized spacial score (nSPS) is 25.9. The Bertz CT molecular complexity index is 613. The van der Waals surface area contributed by atoms with Crippen LogP contribution in [-0.4, -0.2) is 103 Å². The molecule has 1 aromatic heterocycles. The molecule has 0 bridgehead atoms. The monoisotopic (exact) mass is 379 g/mol. The van der Waals surface area contributed by atoms with Crippen molar-refractivity contribution in [2.45, 2.75) is 25.3 Å². The van der Waals surface area contributed by atoms with Gasteiger partial charge in [-0.1, -0.05) is 5.16 Å². The van der Waals surface area contributed by atoms with Crippen LogP contribution in [0.25, 0.3) is 0 Å². The summed E-state index contributed by atoms with van der Waals surface area (Å²) in [6, 6.07) is 0. The van der Waals surface area contributed by atoms with Crippen LogP contribution in [0.15, 0.2) is 4.52 Å². The Morgan fingerprint density at radius 3 is 2.41 bits per heavy atom. The van der Waals surface area contributed by atoms with Crippen molar-refractivity contribution >= 4 is 5.91 Å². The van der Waals surface area contributed by atoms with Crippen LogP contribution in [0.5, 0.6) is 0 Å². The minimum Gasteiger partial charge on any atom is -0.379 e. The third-order valence-electron chi connectivity index (χ3n) is 5.59. The van der Waals surface area contributed by atoms with Gasteiger partial charge in [-0.25, -0.2) is 0 Å². The van der Waals surface area contributed by atoms with Gasteiger partial charge in [-0.05, 0) is 6.42 Å². The molecule has 27 heavy (non-hydrogen) atoms. The van der Waals surface area contributed by atoms with Crippen molar-refractivity contribution in [2.24, 2.45) is 0 Å². The lowest BCUT2D eigenvalue weighted by atomic mass is 9.97. The quantitative estimate of drug-likeness (QED) is 0.680. The standard InChI is InChI=1S/C18H29N5O4/c24-17-2-1-15(13-23(17)4-3-21-5-9-25-10-6-21)18-19-16(20-27-18)14-22-7-11-26-12-8-22/h15H,1-14H2. The zero-order valence-corrected chi connectivity index (χ0v) is 15.8. The Balaban J connectivity index is 1.30. The van der Waals surface area contributed by atoms with Crippen molar-refractivity contribution in [3.63, 3.8) is 0 Å².